The van der Waals surface area contributed by atoms with Crippen molar-refractivity contribution in [2.24, 2.45) is 4.99 Å². The summed E-state index contributed by atoms with van der Waals surface area (Å²) >= 11 is 0. The maximum Gasteiger partial charge on any atom is 0.321 e. The number of nitrogens with zero attached hydrogens (tertiary/aromatic N) is 2. The van der Waals surface area contributed by atoms with Crippen LogP contribution in [0.5, 0.6) is 0 Å². The Kier molecular flexibility index (Phi) is 11.3. The molecule has 0 bridgehead atoms. The van der Waals surface area contributed by atoms with E-state index < -0.39 is 19.7 Å². The average molecular weight is 537 g/mol. The third kappa shape index (κ3) is 11.1. The van der Waals surface area contributed by atoms with E-state index in [1.807, 2.05) is 50.2 Å². The summed E-state index contributed by atoms with van der Waals surface area (Å²) in [5.41, 5.74) is 3.65. The fraction of sp³-hybridized carbons (Fsp3) is 0.417. The zero-order chi connectivity index (χ0) is 26.6. The van der Waals surface area contributed by atoms with E-state index in [0.29, 0.717) is 30.3 Å². The highest BCUT2D eigenvalue weighted by Crippen LogP contribution is 2.12. The van der Waals surface area contributed by atoms with Gasteiger partial charge in [0.1, 0.15) is 0 Å². The lowest BCUT2D eigenvalue weighted by Crippen LogP contribution is -2.45. The van der Waals surface area contributed by atoms with Gasteiger partial charge in [0.15, 0.2) is 19.7 Å². The summed E-state index contributed by atoms with van der Waals surface area (Å²) in [6.45, 7) is 5.74. The lowest BCUT2D eigenvalue weighted by atomic mass is 10.2. The molecule has 12 heteroatoms. The van der Waals surface area contributed by atoms with Crippen molar-refractivity contribution in [3.8, 4) is 0 Å². The SMILES string of the molecule is Cc1ccc(N=C=O)cc1.Cc1ccc(NC(=O)N2CCS(=O)(=O)CC2)cc1.O=S1(=O)CCNCC1. The van der Waals surface area contributed by atoms with Crippen molar-refractivity contribution in [3.05, 3.63) is 59.7 Å². The Bertz CT molecular complexity index is 1230. The van der Waals surface area contributed by atoms with Gasteiger partial charge in [-0.3, -0.25) is 0 Å². The highest BCUT2D eigenvalue weighted by atomic mass is 32.2. The Labute approximate surface area is 212 Å². The second-order valence-corrected chi connectivity index (χ2v) is 13.0. The summed E-state index contributed by atoms with van der Waals surface area (Å²) in [6.07, 6.45) is 1.48. The predicted molar refractivity (Wildman–Crippen MR) is 141 cm³/mol. The summed E-state index contributed by atoms with van der Waals surface area (Å²) in [5.74, 6) is 0.725. The molecule has 2 heterocycles. The number of benzene rings is 2. The summed E-state index contributed by atoms with van der Waals surface area (Å²) in [6, 6.07) is 14.6. The third-order valence-corrected chi connectivity index (χ3v) is 8.58. The number of carbonyl (C=O) groups is 1. The lowest BCUT2D eigenvalue weighted by Gasteiger charge is -2.26. The second kappa shape index (κ2) is 13.9. The molecule has 0 spiro atoms. The number of sulfone groups is 2. The highest BCUT2D eigenvalue weighted by molar-refractivity contribution is 7.91. The summed E-state index contributed by atoms with van der Waals surface area (Å²) < 4.78 is 43.7. The quantitative estimate of drug-likeness (QED) is 0.443. The van der Waals surface area contributed by atoms with Crippen LogP contribution in [0.1, 0.15) is 11.1 Å². The summed E-state index contributed by atoms with van der Waals surface area (Å²) in [4.78, 5) is 26.6. The molecule has 0 radical (unpaired) electrons. The molecule has 0 aliphatic carbocycles. The van der Waals surface area contributed by atoms with Gasteiger partial charge in [0.25, 0.3) is 0 Å². The Morgan fingerprint density at radius 3 is 1.75 bits per heavy atom. The predicted octanol–water partition coefficient (Wildman–Crippen LogP) is 2.22. The number of urea groups is 1. The van der Waals surface area contributed by atoms with Crippen LogP contribution in [0.15, 0.2) is 53.5 Å². The van der Waals surface area contributed by atoms with Gasteiger partial charge in [-0.25, -0.2) is 26.4 Å². The fourth-order valence-electron chi connectivity index (χ4n) is 3.11. The minimum absolute atomic E-state index is 0.0499. The van der Waals surface area contributed by atoms with E-state index in [1.54, 1.807) is 12.1 Å². The number of amides is 2. The molecule has 196 valence electrons. The van der Waals surface area contributed by atoms with Gasteiger partial charge in [-0.1, -0.05) is 35.4 Å². The van der Waals surface area contributed by atoms with Crippen LogP contribution < -0.4 is 10.6 Å². The van der Waals surface area contributed by atoms with Gasteiger partial charge in [0.05, 0.1) is 28.7 Å². The van der Waals surface area contributed by atoms with Crippen molar-refractivity contribution < 1.29 is 26.4 Å². The van der Waals surface area contributed by atoms with Crippen molar-refractivity contribution in [1.82, 2.24) is 10.2 Å². The maximum absolute atomic E-state index is 11.9. The molecule has 0 aromatic heterocycles. The molecule has 0 saturated carbocycles. The molecule has 4 rings (SSSR count). The molecular formula is C24H32N4O6S2. The van der Waals surface area contributed by atoms with Gasteiger partial charge in [0, 0.05) is 31.9 Å². The number of isocyanates is 1. The van der Waals surface area contributed by atoms with Crippen molar-refractivity contribution in [1.29, 1.82) is 0 Å². The van der Waals surface area contributed by atoms with Crippen LogP contribution in [0.2, 0.25) is 0 Å². The van der Waals surface area contributed by atoms with Crippen LogP contribution in [-0.4, -0.2) is 83.0 Å². The van der Waals surface area contributed by atoms with Crippen LogP contribution in [-0.2, 0) is 24.5 Å². The van der Waals surface area contributed by atoms with E-state index in [1.165, 1.54) is 11.0 Å². The number of hydrogen-bond acceptors (Lipinski definition) is 8. The number of carbonyl (C=O) groups excluding carboxylic acids is 2. The lowest BCUT2D eigenvalue weighted by molar-refractivity contribution is 0.216. The second-order valence-electron chi connectivity index (χ2n) is 8.38. The molecule has 36 heavy (non-hydrogen) atoms. The molecule has 0 unspecified atom stereocenters. The van der Waals surface area contributed by atoms with E-state index in [4.69, 9.17) is 0 Å². The molecule has 2 fully saturated rings. The number of hydrogen-bond donors (Lipinski definition) is 2. The molecule has 2 aliphatic rings. The van der Waals surface area contributed by atoms with E-state index >= 15 is 0 Å². The maximum atomic E-state index is 11.9. The normalized spacial score (nSPS) is 17.7. The topological polar surface area (TPSA) is 142 Å². The zero-order valence-electron chi connectivity index (χ0n) is 20.4. The van der Waals surface area contributed by atoms with Gasteiger partial charge in [-0.05, 0) is 38.1 Å². The van der Waals surface area contributed by atoms with Crippen LogP contribution in [0.3, 0.4) is 0 Å². The van der Waals surface area contributed by atoms with Crippen molar-refractivity contribution in [2.45, 2.75) is 13.8 Å². The molecule has 2 saturated heterocycles. The zero-order valence-corrected chi connectivity index (χ0v) is 22.1. The van der Waals surface area contributed by atoms with Crippen molar-refractivity contribution in [2.75, 3.05) is 54.5 Å². The summed E-state index contributed by atoms with van der Waals surface area (Å²) in [5, 5.41) is 5.72. The first-order valence-corrected chi connectivity index (χ1v) is 15.0. The van der Waals surface area contributed by atoms with E-state index in [0.717, 1.165) is 16.8 Å². The first-order valence-electron chi connectivity index (χ1n) is 11.4. The average Bonchev–Trinajstić information content (AvgIpc) is 2.83. The van der Waals surface area contributed by atoms with Gasteiger partial charge in [-0.15, -0.1) is 0 Å². The number of aliphatic imine (C=N–C) groups is 1. The molecule has 2 aromatic carbocycles. The Morgan fingerprint density at radius 2 is 1.31 bits per heavy atom. The molecule has 2 aromatic rings. The standard InChI is InChI=1S/C12H16N2O3S.C8H7NO.C4H9NO2S/c1-10-2-4-11(5-3-10)13-12(15)14-6-8-18(16,17)9-7-14;1-7-2-4-8(5-3-7)9-6-10;6-8(7)3-1-5-2-4-8/h2-5H,6-9H2,1H3,(H,13,15);2-5H,1H3;5H,1-4H2. The van der Waals surface area contributed by atoms with Crippen LogP contribution in [0.4, 0.5) is 16.2 Å². The molecule has 0 atom stereocenters. The smallest absolute Gasteiger partial charge is 0.321 e. The first kappa shape index (κ1) is 29.2. The minimum atomic E-state index is -2.95. The largest absolute Gasteiger partial charge is 0.322 e. The Morgan fingerprint density at radius 1 is 0.833 bits per heavy atom. The van der Waals surface area contributed by atoms with Gasteiger partial charge in [-0.2, -0.15) is 4.99 Å². The van der Waals surface area contributed by atoms with Gasteiger partial charge in [0.2, 0.25) is 6.08 Å². The summed E-state index contributed by atoms with van der Waals surface area (Å²) in [7, 11) is -5.59. The number of anilines is 1. The van der Waals surface area contributed by atoms with Gasteiger partial charge < -0.3 is 15.5 Å². The minimum Gasteiger partial charge on any atom is -0.322 e. The fourth-order valence-corrected chi connectivity index (χ4v) is 5.43. The van der Waals surface area contributed by atoms with Crippen molar-refractivity contribution in [3.63, 3.8) is 0 Å². The van der Waals surface area contributed by atoms with Crippen LogP contribution in [0, 0.1) is 13.8 Å². The molecule has 2 N–H and O–H groups in total. The first-order chi connectivity index (χ1) is 17.0. The number of nitrogens with one attached hydrogen (secondary N) is 2. The van der Waals surface area contributed by atoms with E-state index in [-0.39, 0.29) is 30.6 Å². The van der Waals surface area contributed by atoms with E-state index in [2.05, 4.69) is 15.6 Å². The number of aryl methyl sites for hydroxylation is 2. The monoisotopic (exact) mass is 536 g/mol. The highest BCUT2D eigenvalue weighted by Gasteiger charge is 2.24. The van der Waals surface area contributed by atoms with Crippen LogP contribution in [0.25, 0.3) is 0 Å². The molecule has 2 aliphatic heterocycles. The van der Waals surface area contributed by atoms with E-state index in [9.17, 15) is 26.4 Å². The third-order valence-electron chi connectivity index (χ3n) is 5.32. The van der Waals surface area contributed by atoms with Crippen molar-refractivity contribution >= 4 is 43.2 Å². The number of rotatable bonds is 2. The molecule has 2 amide bonds. The Hall–Kier alpha value is -3.05. The van der Waals surface area contributed by atoms with Crippen LogP contribution >= 0.6 is 0 Å². The Balaban J connectivity index is 0.000000213. The van der Waals surface area contributed by atoms with Gasteiger partial charge >= 0.3 is 6.03 Å². The molecule has 10 nitrogen and oxygen atoms in total. The molecular weight excluding hydrogens is 504 g/mol.